The quantitative estimate of drug-likeness (QED) is 0.903. The van der Waals surface area contributed by atoms with E-state index in [0.717, 1.165) is 11.5 Å². The molecule has 2 aromatic rings. The van der Waals surface area contributed by atoms with Crippen molar-refractivity contribution in [3.8, 4) is 0 Å². The molecule has 0 saturated heterocycles. The maximum absolute atomic E-state index is 5.41. The summed E-state index contributed by atoms with van der Waals surface area (Å²) in [5, 5.41) is 8.00. The van der Waals surface area contributed by atoms with Crippen LogP contribution in [0.1, 0.15) is 48.6 Å². The highest BCUT2D eigenvalue weighted by Crippen LogP contribution is 2.24. The molecule has 0 saturated carbocycles. The van der Waals surface area contributed by atoms with Crippen molar-refractivity contribution in [2.75, 3.05) is 0 Å². The largest absolute Gasteiger partial charge is 0.468 e. The molecule has 1 N–H and O–H groups in total. The minimum absolute atomic E-state index is 0.189. The molecule has 0 fully saturated rings. The van der Waals surface area contributed by atoms with Crippen LogP contribution in [0.4, 0.5) is 0 Å². The number of aryl methyl sites for hydroxylation is 2. The Balaban J connectivity index is 2.15. The van der Waals surface area contributed by atoms with Gasteiger partial charge in [-0.15, -0.1) is 0 Å². The molecule has 0 bridgehead atoms. The highest BCUT2D eigenvalue weighted by molar-refractivity contribution is 5.27. The fraction of sp³-hybridized carbons (Fsp3) is 0.500. The van der Waals surface area contributed by atoms with Crippen LogP contribution in [0.15, 0.2) is 22.8 Å². The van der Waals surface area contributed by atoms with E-state index in [1.54, 1.807) is 6.26 Å². The Morgan fingerprint density at radius 3 is 2.50 bits per heavy atom. The minimum atomic E-state index is 0.189. The van der Waals surface area contributed by atoms with Crippen molar-refractivity contribution in [3.63, 3.8) is 0 Å². The first kappa shape index (κ1) is 12.9. The number of hydrogen-bond donors (Lipinski definition) is 1. The van der Waals surface area contributed by atoms with E-state index < -0.39 is 0 Å². The molecule has 2 rings (SSSR count). The normalized spacial score (nSPS) is 14.7. The first-order valence-corrected chi connectivity index (χ1v) is 6.30. The predicted octanol–water partition coefficient (Wildman–Crippen LogP) is 3.04. The SMILES string of the molecule is Cc1nn(C)c(C)c1C(C)NC(C)c1ccco1. The molecule has 2 atom stereocenters. The molecule has 2 heterocycles. The maximum atomic E-state index is 5.41. The van der Waals surface area contributed by atoms with Crippen LogP contribution in [0.5, 0.6) is 0 Å². The monoisotopic (exact) mass is 247 g/mol. The van der Waals surface area contributed by atoms with Gasteiger partial charge in [0.25, 0.3) is 0 Å². The molecule has 0 spiro atoms. The Hall–Kier alpha value is -1.55. The fourth-order valence-corrected chi connectivity index (χ4v) is 2.49. The average molecular weight is 247 g/mol. The lowest BCUT2D eigenvalue weighted by molar-refractivity contribution is 0.402. The fourth-order valence-electron chi connectivity index (χ4n) is 2.49. The zero-order valence-corrected chi connectivity index (χ0v) is 11.7. The third-order valence-corrected chi connectivity index (χ3v) is 3.47. The first-order chi connectivity index (χ1) is 8.50. The Morgan fingerprint density at radius 2 is 2.00 bits per heavy atom. The first-order valence-electron chi connectivity index (χ1n) is 6.30. The van der Waals surface area contributed by atoms with Gasteiger partial charge in [-0.05, 0) is 39.8 Å². The van der Waals surface area contributed by atoms with Gasteiger partial charge in [-0.3, -0.25) is 4.68 Å². The summed E-state index contributed by atoms with van der Waals surface area (Å²) in [5.41, 5.74) is 3.57. The zero-order chi connectivity index (χ0) is 13.3. The summed E-state index contributed by atoms with van der Waals surface area (Å²) in [4.78, 5) is 0. The van der Waals surface area contributed by atoms with Crippen LogP contribution >= 0.6 is 0 Å². The van der Waals surface area contributed by atoms with Gasteiger partial charge in [-0.2, -0.15) is 5.10 Å². The molecule has 2 aromatic heterocycles. The van der Waals surface area contributed by atoms with Crippen LogP contribution in [0.3, 0.4) is 0 Å². The van der Waals surface area contributed by atoms with Gasteiger partial charge in [-0.1, -0.05) is 0 Å². The third-order valence-electron chi connectivity index (χ3n) is 3.47. The lowest BCUT2D eigenvalue weighted by Gasteiger charge is -2.19. The van der Waals surface area contributed by atoms with Crippen LogP contribution in [-0.4, -0.2) is 9.78 Å². The Kier molecular flexibility index (Phi) is 3.57. The lowest BCUT2D eigenvalue weighted by Crippen LogP contribution is -2.23. The number of rotatable bonds is 4. The van der Waals surface area contributed by atoms with Crippen molar-refractivity contribution in [2.24, 2.45) is 7.05 Å². The van der Waals surface area contributed by atoms with Crippen molar-refractivity contribution >= 4 is 0 Å². The van der Waals surface area contributed by atoms with Crippen LogP contribution in [-0.2, 0) is 7.05 Å². The summed E-state index contributed by atoms with van der Waals surface area (Å²) < 4.78 is 7.35. The highest BCUT2D eigenvalue weighted by atomic mass is 16.3. The molecule has 0 aliphatic carbocycles. The van der Waals surface area contributed by atoms with E-state index in [2.05, 4.69) is 38.1 Å². The smallest absolute Gasteiger partial charge is 0.120 e. The third kappa shape index (κ3) is 2.34. The van der Waals surface area contributed by atoms with Gasteiger partial charge in [0.15, 0.2) is 0 Å². The van der Waals surface area contributed by atoms with Gasteiger partial charge < -0.3 is 9.73 Å². The van der Waals surface area contributed by atoms with Crippen LogP contribution in [0, 0.1) is 13.8 Å². The van der Waals surface area contributed by atoms with Crippen LogP contribution in [0.25, 0.3) is 0 Å². The molecule has 18 heavy (non-hydrogen) atoms. The molecule has 0 amide bonds. The maximum Gasteiger partial charge on any atom is 0.120 e. The van der Waals surface area contributed by atoms with Crippen molar-refractivity contribution < 1.29 is 4.42 Å². The van der Waals surface area contributed by atoms with E-state index in [0.29, 0.717) is 0 Å². The average Bonchev–Trinajstić information content (AvgIpc) is 2.88. The molecule has 0 aromatic carbocycles. The van der Waals surface area contributed by atoms with Crippen molar-refractivity contribution in [2.45, 2.75) is 39.8 Å². The topological polar surface area (TPSA) is 43.0 Å². The minimum Gasteiger partial charge on any atom is -0.468 e. The zero-order valence-electron chi connectivity index (χ0n) is 11.7. The molecule has 0 radical (unpaired) electrons. The Bertz CT molecular complexity index is 513. The molecule has 4 nitrogen and oxygen atoms in total. The predicted molar refractivity (Wildman–Crippen MR) is 71.4 cm³/mol. The second kappa shape index (κ2) is 4.98. The molecule has 0 aliphatic heterocycles. The van der Waals surface area contributed by atoms with E-state index in [4.69, 9.17) is 4.42 Å². The molecular weight excluding hydrogens is 226 g/mol. The van der Waals surface area contributed by atoms with Crippen LogP contribution < -0.4 is 5.32 Å². The van der Waals surface area contributed by atoms with E-state index >= 15 is 0 Å². The number of furan rings is 1. The van der Waals surface area contributed by atoms with Gasteiger partial charge >= 0.3 is 0 Å². The summed E-state index contributed by atoms with van der Waals surface area (Å²) in [6.07, 6.45) is 1.71. The van der Waals surface area contributed by atoms with E-state index in [9.17, 15) is 0 Å². The van der Waals surface area contributed by atoms with Gasteiger partial charge in [0.1, 0.15) is 5.76 Å². The second-order valence-corrected chi connectivity index (χ2v) is 4.83. The Labute approximate surface area is 108 Å². The van der Waals surface area contributed by atoms with E-state index in [1.807, 2.05) is 23.9 Å². The number of aromatic nitrogens is 2. The number of hydrogen-bond acceptors (Lipinski definition) is 3. The van der Waals surface area contributed by atoms with Crippen LogP contribution in [0.2, 0.25) is 0 Å². The van der Waals surface area contributed by atoms with Gasteiger partial charge in [0, 0.05) is 24.3 Å². The molecular formula is C14H21N3O. The van der Waals surface area contributed by atoms with E-state index in [1.165, 1.54) is 11.3 Å². The summed E-state index contributed by atoms with van der Waals surface area (Å²) in [7, 11) is 1.98. The van der Waals surface area contributed by atoms with Crippen molar-refractivity contribution in [1.29, 1.82) is 0 Å². The number of nitrogens with zero attached hydrogens (tertiary/aromatic N) is 2. The van der Waals surface area contributed by atoms with E-state index in [-0.39, 0.29) is 12.1 Å². The summed E-state index contributed by atoms with van der Waals surface area (Å²) in [5.74, 6) is 0.959. The van der Waals surface area contributed by atoms with Gasteiger partial charge in [0.05, 0.1) is 18.0 Å². The second-order valence-electron chi connectivity index (χ2n) is 4.83. The summed E-state index contributed by atoms with van der Waals surface area (Å²) in [6.45, 7) is 8.43. The van der Waals surface area contributed by atoms with Crippen molar-refractivity contribution in [1.82, 2.24) is 15.1 Å². The highest BCUT2D eigenvalue weighted by Gasteiger charge is 2.19. The summed E-state index contributed by atoms with van der Waals surface area (Å²) in [6, 6.07) is 4.35. The van der Waals surface area contributed by atoms with Gasteiger partial charge in [-0.25, -0.2) is 0 Å². The Morgan fingerprint density at radius 1 is 1.28 bits per heavy atom. The van der Waals surface area contributed by atoms with Crippen molar-refractivity contribution in [3.05, 3.63) is 41.1 Å². The molecule has 98 valence electrons. The lowest BCUT2D eigenvalue weighted by atomic mass is 10.1. The summed E-state index contributed by atoms with van der Waals surface area (Å²) >= 11 is 0. The molecule has 0 aliphatic rings. The van der Waals surface area contributed by atoms with Gasteiger partial charge in [0.2, 0.25) is 0 Å². The molecule has 4 heteroatoms. The standard InChI is InChI=1S/C14H21N3O/c1-9(13-7-6-8-18-13)15-10(2)14-11(3)16-17(5)12(14)4/h6-10,15H,1-5H3. The number of nitrogens with one attached hydrogen (secondary N) is 1. The molecule has 2 unspecified atom stereocenters.